The average Bonchev–Trinajstić information content (AvgIpc) is 2.64. The molecule has 1 fully saturated rings. The summed E-state index contributed by atoms with van der Waals surface area (Å²) in [6.07, 6.45) is 7.82. The lowest BCUT2D eigenvalue weighted by atomic mass is 9.81. The first-order valence-corrected chi connectivity index (χ1v) is 12.4. The predicted octanol–water partition coefficient (Wildman–Crippen LogP) is 6.28. The number of allylic oxidation sites excluding steroid dienone is 2. The molecule has 1 saturated carbocycles. The van der Waals surface area contributed by atoms with Crippen LogP contribution < -0.4 is 5.19 Å². The Morgan fingerprint density at radius 2 is 1.42 bits per heavy atom. The van der Waals surface area contributed by atoms with Gasteiger partial charge in [-0.05, 0) is 42.7 Å². The van der Waals surface area contributed by atoms with Crippen molar-refractivity contribution in [2.24, 2.45) is 0 Å². The van der Waals surface area contributed by atoms with Crippen molar-refractivity contribution in [3.05, 3.63) is 77.9 Å². The minimum absolute atomic E-state index is 0.697. The Morgan fingerprint density at radius 3 is 2.00 bits per heavy atom. The summed E-state index contributed by atoms with van der Waals surface area (Å²) in [4.78, 5) is 0. The third kappa shape index (κ3) is 3.89. The lowest BCUT2D eigenvalue weighted by molar-refractivity contribution is 0.515. The van der Waals surface area contributed by atoms with Gasteiger partial charge in [0.05, 0.1) is 8.07 Å². The highest BCUT2D eigenvalue weighted by atomic mass is 28.3. The Labute approximate surface area is 148 Å². The molecule has 1 atom stereocenters. The molecule has 0 aliphatic heterocycles. The Morgan fingerprint density at radius 1 is 0.875 bits per heavy atom. The van der Waals surface area contributed by atoms with Crippen molar-refractivity contribution < 1.29 is 0 Å². The zero-order valence-electron chi connectivity index (χ0n) is 15.3. The summed E-state index contributed by atoms with van der Waals surface area (Å²) >= 11 is 0. The van der Waals surface area contributed by atoms with Crippen molar-refractivity contribution in [3.63, 3.8) is 0 Å². The summed E-state index contributed by atoms with van der Waals surface area (Å²) in [5, 5.41) is 1.58. The van der Waals surface area contributed by atoms with Gasteiger partial charge in [-0.1, -0.05) is 97.5 Å². The molecule has 0 saturated heterocycles. The summed E-state index contributed by atoms with van der Waals surface area (Å²) < 4.78 is 0. The SMILES string of the molecule is CC(C=C1CCC(c2ccccc2)CC1)[Si](C)(C)c1ccccc1. The van der Waals surface area contributed by atoms with Gasteiger partial charge in [-0.15, -0.1) is 0 Å². The summed E-state index contributed by atoms with van der Waals surface area (Å²) in [5.74, 6) is 0.762. The van der Waals surface area contributed by atoms with E-state index in [4.69, 9.17) is 0 Å². The Bertz CT molecular complexity index is 660. The maximum atomic E-state index is 2.63. The molecule has 2 aromatic rings. The lowest BCUT2D eigenvalue weighted by Crippen LogP contribution is -2.44. The molecule has 0 heterocycles. The minimum Gasteiger partial charge on any atom is -0.0848 e. The lowest BCUT2D eigenvalue weighted by Gasteiger charge is -2.31. The standard InChI is InChI=1S/C23H30Si/c1-19(24(2,3)23-12-8-5-9-13-23)18-20-14-16-22(17-15-20)21-10-6-4-7-11-21/h4-13,18-19,22H,14-17H2,1-3H3. The van der Waals surface area contributed by atoms with Gasteiger partial charge in [0.25, 0.3) is 0 Å². The van der Waals surface area contributed by atoms with E-state index in [2.05, 4.69) is 86.8 Å². The zero-order valence-corrected chi connectivity index (χ0v) is 16.3. The van der Waals surface area contributed by atoms with Crippen LogP contribution in [0.4, 0.5) is 0 Å². The van der Waals surface area contributed by atoms with E-state index >= 15 is 0 Å². The second-order valence-corrected chi connectivity index (χ2v) is 12.8. The molecule has 1 aliphatic carbocycles. The van der Waals surface area contributed by atoms with Crippen LogP contribution in [0.5, 0.6) is 0 Å². The molecule has 0 radical (unpaired) electrons. The number of hydrogen-bond acceptors (Lipinski definition) is 0. The largest absolute Gasteiger partial charge is 0.0871 e. The first-order valence-electron chi connectivity index (χ1n) is 9.37. The first kappa shape index (κ1) is 17.2. The van der Waals surface area contributed by atoms with Crippen LogP contribution in [0.3, 0.4) is 0 Å². The average molecular weight is 335 g/mol. The van der Waals surface area contributed by atoms with Crippen molar-refractivity contribution in [2.45, 2.75) is 57.2 Å². The zero-order chi connectivity index (χ0) is 17.0. The molecule has 24 heavy (non-hydrogen) atoms. The van der Waals surface area contributed by atoms with Gasteiger partial charge in [-0.2, -0.15) is 0 Å². The van der Waals surface area contributed by atoms with E-state index in [1.807, 2.05) is 0 Å². The van der Waals surface area contributed by atoms with Crippen molar-refractivity contribution in [3.8, 4) is 0 Å². The van der Waals surface area contributed by atoms with E-state index in [1.165, 1.54) is 31.2 Å². The van der Waals surface area contributed by atoms with Gasteiger partial charge in [0, 0.05) is 0 Å². The van der Waals surface area contributed by atoms with Crippen LogP contribution in [0.2, 0.25) is 18.6 Å². The van der Waals surface area contributed by atoms with Gasteiger partial charge in [-0.25, -0.2) is 0 Å². The molecule has 2 aromatic carbocycles. The van der Waals surface area contributed by atoms with E-state index in [0.29, 0.717) is 5.54 Å². The normalized spacial score (nSPS) is 19.8. The van der Waals surface area contributed by atoms with Crippen molar-refractivity contribution in [1.29, 1.82) is 0 Å². The molecule has 0 N–H and O–H groups in total. The second-order valence-electron chi connectivity index (χ2n) is 7.89. The van der Waals surface area contributed by atoms with Crippen LogP contribution in [-0.2, 0) is 0 Å². The molecule has 1 unspecified atom stereocenters. The van der Waals surface area contributed by atoms with Gasteiger partial charge in [-0.3, -0.25) is 0 Å². The molecule has 1 aliphatic rings. The first-order chi connectivity index (χ1) is 11.6. The van der Waals surface area contributed by atoms with E-state index in [-0.39, 0.29) is 0 Å². The molecule has 126 valence electrons. The van der Waals surface area contributed by atoms with Gasteiger partial charge in [0.1, 0.15) is 0 Å². The van der Waals surface area contributed by atoms with Crippen LogP contribution in [0, 0.1) is 0 Å². The number of benzene rings is 2. The number of rotatable bonds is 4. The number of hydrogen-bond donors (Lipinski definition) is 0. The summed E-state index contributed by atoms with van der Waals surface area (Å²) in [7, 11) is -1.42. The molecule has 0 nitrogen and oxygen atoms in total. The fourth-order valence-corrected chi connectivity index (χ4v) is 6.14. The molecular weight excluding hydrogens is 304 g/mol. The van der Waals surface area contributed by atoms with E-state index in [1.54, 1.807) is 10.8 Å². The molecular formula is C23H30Si. The van der Waals surface area contributed by atoms with Crippen molar-refractivity contribution in [1.82, 2.24) is 0 Å². The van der Waals surface area contributed by atoms with Gasteiger partial charge in [0.15, 0.2) is 0 Å². The monoisotopic (exact) mass is 334 g/mol. The quantitative estimate of drug-likeness (QED) is 0.456. The Hall–Kier alpha value is -1.60. The van der Waals surface area contributed by atoms with Crippen LogP contribution in [0.1, 0.15) is 44.1 Å². The summed E-state index contributed by atoms with van der Waals surface area (Å²) in [6, 6.07) is 22.2. The summed E-state index contributed by atoms with van der Waals surface area (Å²) in [6.45, 7) is 7.47. The Kier molecular flexibility index (Phi) is 5.40. The smallest absolute Gasteiger partial charge is 0.0848 e. The van der Waals surface area contributed by atoms with Crippen LogP contribution in [0.15, 0.2) is 72.3 Å². The molecule has 0 bridgehead atoms. The summed E-state index contributed by atoms with van der Waals surface area (Å²) in [5.41, 5.74) is 3.93. The van der Waals surface area contributed by atoms with E-state index < -0.39 is 8.07 Å². The third-order valence-corrected chi connectivity index (χ3v) is 10.3. The van der Waals surface area contributed by atoms with Gasteiger partial charge < -0.3 is 0 Å². The molecule has 1 heteroatoms. The van der Waals surface area contributed by atoms with Crippen LogP contribution in [-0.4, -0.2) is 8.07 Å². The van der Waals surface area contributed by atoms with Crippen molar-refractivity contribution >= 4 is 13.3 Å². The van der Waals surface area contributed by atoms with Crippen molar-refractivity contribution in [2.75, 3.05) is 0 Å². The highest BCUT2D eigenvalue weighted by molar-refractivity contribution is 6.91. The maximum absolute atomic E-state index is 2.63. The molecule has 0 spiro atoms. The molecule has 3 rings (SSSR count). The van der Waals surface area contributed by atoms with Gasteiger partial charge in [0.2, 0.25) is 0 Å². The van der Waals surface area contributed by atoms with E-state index in [0.717, 1.165) is 5.92 Å². The van der Waals surface area contributed by atoms with E-state index in [9.17, 15) is 0 Å². The van der Waals surface area contributed by atoms with Crippen LogP contribution >= 0.6 is 0 Å². The fraction of sp³-hybridized carbons (Fsp3) is 0.391. The maximum Gasteiger partial charge on any atom is 0.0871 e. The Balaban J connectivity index is 1.65. The van der Waals surface area contributed by atoms with Crippen LogP contribution in [0.25, 0.3) is 0 Å². The third-order valence-electron chi connectivity index (χ3n) is 6.04. The highest BCUT2D eigenvalue weighted by Crippen LogP contribution is 2.37. The topological polar surface area (TPSA) is 0 Å². The predicted molar refractivity (Wildman–Crippen MR) is 109 cm³/mol. The molecule has 0 amide bonds. The minimum atomic E-state index is -1.42. The fourth-order valence-electron chi connectivity index (χ4n) is 3.91. The highest BCUT2D eigenvalue weighted by Gasteiger charge is 2.29. The van der Waals surface area contributed by atoms with Gasteiger partial charge >= 0.3 is 0 Å². The second kappa shape index (κ2) is 7.52. The molecule has 0 aromatic heterocycles.